The van der Waals surface area contributed by atoms with Gasteiger partial charge in [0.15, 0.2) is 0 Å². The third-order valence-corrected chi connectivity index (χ3v) is 4.67. The van der Waals surface area contributed by atoms with E-state index in [1.165, 1.54) is 6.42 Å². The zero-order valence-electron chi connectivity index (χ0n) is 14.2. The van der Waals surface area contributed by atoms with Gasteiger partial charge >= 0.3 is 0 Å². The summed E-state index contributed by atoms with van der Waals surface area (Å²) in [6, 6.07) is 0.372. The Labute approximate surface area is 134 Å². The predicted octanol–water partition coefficient (Wildman–Crippen LogP) is 0.323. The Hall–Kier alpha value is -0.690. The van der Waals surface area contributed by atoms with Gasteiger partial charge in [-0.05, 0) is 40.3 Å². The van der Waals surface area contributed by atoms with Crippen molar-refractivity contribution in [2.24, 2.45) is 0 Å². The molecular formula is C16H31N3O3. The molecule has 0 aliphatic carbocycles. The average Bonchev–Trinajstić information content (AvgIpc) is 2.54. The molecule has 0 unspecified atom stereocenters. The van der Waals surface area contributed by atoms with Crippen LogP contribution >= 0.6 is 0 Å². The number of nitrogens with zero attached hydrogens (tertiary/aromatic N) is 2. The van der Waals surface area contributed by atoms with Gasteiger partial charge in [0.25, 0.3) is 0 Å². The zero-order valence-corrected chi connectivity index (χ0v) is 14.2. The second-order valence-corrected chi connectivity index (χ2v) is 6.61. The number of amides is 1. The molecule has 128 valence electrons. The van der Waals surface area contributed by atoms with E-state index in [2.05, 4.69) is 29.2 Å². The van der Waals surface area contributed by atoms with Gasteiger partial charge in [-0.15, -0.1) is 0 Å². The van der Waals surface area contributed by atoms with Crippen molar-refractivity contribution < 1.29 is 14.3 Å². The van der Waals surface area contributed by atoms with E-state index < -0.39 is 6.10 Å². The molecule has 3 atom stereocenters. The van der Waals surface area contributed by atoms with Crippen molar-refractivity contribution in [2.45, 2.75) is 44.4 Å². The molecule has 6 nitrogen and oxygen atoms in total. The molecule has 1 N–H and O–H groups in total. The SMILES string of the molecule is C[C@H](OC[C@H]1CCCCO1)C(=O)NC[C@H]1CN(C)CCN1C. The molecule has 0 bridgehead atoms. The van der Waals surface area contributed by atoms with Gasteiger partial charge in [-0.1, -0.05) is 0 Å². The molecule has 0 spiro atoms. The summed E-state index contributed by atoms with van der Waals surface area (Å²) in [6.45, 7) is 6.94. The van der Waals surface area contributed by atoms with Crippen molar-refractivity contribution in [1.29, 1.82) is 0 Å². The van der Waals surface area contributed by atoms with E-state index in [9.17, 15) is 4.79 Å². The lowest BCUT2D eigenvalue weighted by Gasteiger charge is -2.37. The summed E-state index contributed by atoms with van der Waals surface area (Å²) >= 11 is 0. The molecule has 2 rings (SSSR count). The fourth-order valence-corrected chi connectivity index (χ4v) is 2.95. The van der Waals surface area contributed by atoms with Crippen LogP contribution in [0.4, 0.5) is 0 Å². The number of ether oxygens (including phenoxy) is 2. The molecule has 0 saturated carbocycles. The molecule has 2 heterocycles. The van der Waals surface area contributed by atoms with Crippen molar-refractivity contribution in [3.05, 3.63) is 0 Å². The van der Waals surface area contributed by atoms with Crippen molar-refractivity contribution in [2.75, 3.05) is 53.5 Å². The fraction of sp³-hybridized carbons (Fsp3) is 0.938. The largest absolute Gasteiger partial charge is 0.376 e. The molecule has 2 aliphatic rings. The summed E-state index contributed by atoms with van der Waals surface area (Å²) in [4.78, 5) is 16.7. The van der Waals surface area contributed by atoms with E-state index >= 15 is 0 Å². The smallest absolute Gasteiger partial charge is 0.248 e. The van der Waals surface area contributed by atoms with E-state index in [4.69, 9.17) is 9.47 Å². The molecule has 6 heteroatoms. The van der Waals surface area contributed by atoms with E-state index in [1.54, 1.807) is 0 Å². The number of carbonyl (C=O) groups excluding carboxylic acids is 1. The Kier molecular flexibility index (Phi) is 7.08. The number of hydrogen-bond acceptors (Lipinski definition) is 5. The van der Waals surface area contributed by atoms with E-state index in [-0.39, 0.29) is 12.0 Å². The minimum atomic E-state index is -0.419. The maximum absolute atomic E-state index is 12.1. The highest BCUT2D eigenvalue weighted by Crippen LogP contribution is 2.13. The Bertz CT molecular complexity index is 348. The van der Waals surface area contributed by atoms with Crippen LogP contribution in [0.25, 0.3) is 0 Å². The highest BCUT2D eigenvalue weighted by atomic mass is 16.5. The molecular weight excluding hydrogens is 282 g/mol. The molecule has 1 amide bonds. The maximum Gasteiger partial charge on any atom is 0.248 e. The first-order chi connectivity index (χ1) is 10.6. The zero-order chi connectivity index (χ0) is 15.9. The summed E-state index contributed by atoms with van der Waals surface area (Å²) < 4.78 is 11.3. The van der Waals surface area contributed by atoms with E-state index in [0.29, 0.717) is 19.2 Å². The minimum Gasteiger partial charge on any atom is -0.376 e. The van der Waals surface area contributed by atoms with Crippen LogP contribution in [0.3, 0.4) is 0 Å². The normalized spacial score (nSPS) is 29.2. The molecule has 22 heavy (non-hydrogen) atoms. The summed E-state index contributed by atoms with van der Waals surface area (Å²) in [5, 5.41) is 3.02. The minimum absolute atomic E-state index is 0.0302. The first-order valence-corrected chi connectivity index (χ1v) is 8.46. The lowest BCUT2D eigenvalue weighted by Crippen LogP contribution is -2.55. The Balaban J connectivity index is 1.65. The Morgan fingerprint density at radius 2 is 2.18 bits per heavy atom. The number of rotatable bonds is 6. The van der Waals surface area contributed by atoms with Crippen LogP contribution in [0.1, 0.15) is 26.2 Å². The second kappa shape index (κ2) is 8.82. The van der Waals surface area contributed by atoms with E-state index in [1.807, 2.05) is 6.92 Å². The second-order valence-electron chi connectivity index (χ2n) is 6.61. The first kappa shape index (κ1) is 17.7. The van der Waals surface area contributed by atoms with Gasteiger partial charge in [-0.3, -0.25) is 9.69 Å². The highest BCUT2D eigenvalue weighted by Gasteiger charge is 2.24. The Morgan fingerprint density at radius 1 is 1.36 bits per heavy atom. The topological polar surface area (TPSA) is 54.0 Å². The van der Waals surface area contributed by atoms with Crippen LogP contribution in [0.2, 0.25) is 0 Å². The molecule has 0 aromatic heterocycles. The summed E-state index contributed by atoms with van der Waals surface area (Å²) in [5.74, 6) is -0.0302. The quantitative estimate of drug-likeness (QED) is 0.765. The number of hydrogen-bond donors (Lipinski definition) is 1. The number of piperazine rings is 1. The van der Waals surface area contributed by atoms with Crippen LogP contribution in [0.5, 0.6) is 0 Å². The van der Waals surface area contributed by atoms with Crippen LogP contribution in [0.15, 0.2) is 0 Å². The van der Waals surface area contributed by atoms with Gasteiger partial charge in [0, 0.05) is 38.8 Å². The lowest BCUT2D eigenvalue weighted by molar-refractivity contribution is -0.135. The van der Waals surface area contributed by atoms with Gasteiger partial charge in [0.1, 0.15) is 6.10 Å². The molecule has 0 aromatic carbocycles. The van der Waals surface area contributed by atoms with Crippen LogP contribution in [-0.2, 0) is 14.3 Å². The summed E-state index contributed by atoms with van der Waals surface area (Å²) in [7, 11) is 4.24. The van der Waals surface area contributed by atoms with Crippen LogP contribution < -0.4 is 5.32 Å². The lowest BCUT2D eigenvalue weighted by atomic mass is 10.1. The van der Waals surface area contributed by atoms with E-state index in [0.717, 1.165) is 39.1 Å². The molecule has 2 fully saturated rings. The van der Waals surface area contributed by atoms with Gasteiger partial charge in [0.05, 0.1) is 12.7 Å². The summed E-state index contributed by atoms with van der Waals surface area (Å²) in [6.07, 6.45) is 3.10. The van der Waals surface area contributed by atoms with Crippen LogP contribution in [0, 0.1) is 0 Å². The third-order valence-electron chi connectivity index (χ3n) is 4.67. The number of nitrogens with one attached hydrogen (secondary N) is 1. The third kappa shape index (κ3) is 5.50. The molecule has 0 radical (unpaired) electrons. The van der Waals surface area contributed by atoms with Crippen molar-refractivity contribution in [1.82, 2.24) is 15.1 Å². The van der Waals surface area contributed by atoms with Gasteiger partial charge in [0.2, 0.25) is 5.91 Å². The number of carbonyl (C=O) groups is 1. The van der Waals surface area contributed by atoms with Gasteiger partial charge in [-0.2, -0.15) is 0 Å². The molecule has 2 aliphatic heterocycles. The van der Waals surface area contributed by atoms with Crippen molar-refractivity contribution >= 4 is 5.91 Å². The highest BCUT2D eigenvalue weighted by molar-refractivity contribution is 5.80. The van der Waals surface area contributed by atoms with Crippen molar-refractivity contribution in [3.63, 3.8) is 0 Å². The first-order valence-electron chi connectivity index (χ1n) is 8.46. The monoisotopic (exact) mass is 313 g/mol. The molecule has 2 saturated heterocycles. The predicted molar refractivity (Wildman–Crippen MR) is 85.9 cm³/mol. The van der Waals surface area contributed by atoms with Gasteiger partial charge < -0.3 is 19.7 Å². The standard InChI is InChI=1S/C16H31N3O3/c1-13(22-12-15-6-4-5-9-21-15)16(20)17-10-14-11-18(2)7-8-19(14)3/h13-15H,4-12H2,1-3H3,(H,17,20)/t13-,14-,15+/m0/s1. The average molecular weight is 313 g/mol. The molecule has 0 aromatic rings. The Morgan fingerprint density at radius 3 is 2.91 bits per heavy atom. The summed E-state index contributed by atoms with van der Waals surface area (Å²) in [5.41, 5.74) is 0. The number of likely N-dealkylation sites (N-methyl/N-ethyl adjacent to an activating group) is 2. The fourth-order valence-electron chi connectivity index (χ4n) is 2.95. The maximum atomic E-state index is 12.1. The van der Waals surface area contributed by atoms with Gasteiger partial charge in [-0.25, -0.2) is 0 Å². The van der Waals surface area contributed by atoms with Crippen molar-refractivity contribution in [3.8, 4) is 0 Å². The van der Waals surface area contributed by atoms with Crippen LogP contribution in [-0.4, -0.2) is 87.4 Å².